The molecule has 318 valence electrons. The Morgan fingerprint density at radius 2 is 0.776 bits per heavy atom. The summed E-state index contributed by atoms with van der Waals surface area (Å²) in [6.45, 7) is 11.9. The molecule has 15 heteroatoms. The Morgan fingerprint density at radius 3 is 1.05 bits per heavy atom. The highest BCUT2D eigenvalue weighted by Crippen LogP contribution is 2.38. The number of nitrogens with zero attached hydrogens (tertiary/aromatic N) is 3. The second-order valence-electron chi connectivity index (χ2n) is 14.3. The van der Waals surface area contributed by atoms with E-state index in [4.69, 9.17) is 28.4 Å². The normalized spacial score (nSPS) is 14.6. The number of rotatable bonds is 25. The monoisotopic (exact) mass is 809 g/mol. The largest absolute Gasteiger partial charge is 0.507 e. The summed E-state index contributed by atoms with van der Waals surface area (Å²) in [4.78, 5) is 13.7. The van der Waals surface area contributed by atoms with Crippen molar-refractivity contribution in [2.24, 2.45) is 0 Å². The maximum atomic E-state index is 11.2. The molecule has 0 radical (unpaired) electrons. The van der Waals surface area contributed by atoms with Crippen LogP contribution in [0.1, 0.15) is 67.2 Å². The van der Waals surface area contributed by atoms with Crippen LogP contribution in [0.4, 0.5) is 0 Å². The van der Waals surface area contributed by atoms with E-state index in [-0.39, 0.29) is 127 Å². The van der Waals surface area contributed by atoms with E-state index in [1.807, 2.05) is 34.6 Å². The van der Waals surface area contributed by atoms with Gasteiger partial charge in [0.1, 0.15) is 72.6 Å². The molecule has 0 amide bonds. The molecular weight excluding hydrogens is 750 g/mol. The predicted octanol–water partition coefficient (Wildman–Crippen LogP) is 6.04. The van der Waals surface area contributed by atoms with Crippen LogP contribution in [-0.4, -0.2) is 122 Å². The summed E-state index contributed by atoms with van der Waals surface area (Å²) < 4.78 is 33.9. The van der Waals surface area contributed by atoms with Gasteiger partial charge in [-0.3, -0.25) is 0 Å². The van der Waals surface area contributed by atoms with E-state index < -0.39 is 18.3 Å². The van der Waals surface area contributed by atoms with Gasteiger partial charge in [0.25, 0.3) is 0 Å². The van der Waals surface area contributed by atoms with Crippen molar-refractivity contribution in [3.8, 4) is 68.7 Å². The van der Waals surface area contributed by atoms with Crippen molar-refractivity contribution in [3.63, 3.8) is 0 Å². The maximum absolute atomic E-state index is 11.2. The number of aliphatic hydroxyl groups is 3. The standard InChI is InChI=1S/C43H59N3O12/c1-7-10-28(6)55-22-31(49)25-58-34-13-16-37(40(52)19-34)43-45-41(35-14-11-32(17-38(35)50)56-23-29(47)20-53-26(4)8-2)44-42(46-43)36-15-12-33(18-39(36)51)57-24-30(48)21-54-27(5)9-3/h11-19,26-31,47-52H,7-10,20-25H2,1-6H3. The quantitative estimate of drug-likeness (QED) is 0.0450. The van der Waals surface area contributed by atoms with E-state index in [0.29, 0.717) is 0 Å². The Balaban J connectivity index is 1.61. The molecule has 0 saturated heterocycles. The van der Waals surface area contributed by atoms with Gasteiger partial charge < -0.3 is 59.1 Å². The second-order valence-corrected chi connectivity index (χ2v) is 14.3. The number of phenolic OH excluding ortho intramolecular Hbond substituents is 3. The second kappa shape index (κ2) is 23.0. The molecule has 6 N–H and O–H groups in total. The Bertz CT molecular complexity index is 1770. The molecule has 3 aromatic carbocycles. The number of hydrogen-bond donors (Lipinski definition) is 6. The highest BCUT2D eigenvalue weighted by Gasteiger charge is 2.20. The zero-order valence-corrected chi connectivity index (χ0v) is 34.2. The molecule has 0 fully saturated rings. The zero-order chi connectivity index (χ0) is 42.2. The van der Waals surface area contributed by atoms with Gasteiger partial charge >= 0.3 is 0 Å². The number of phenols is 3. The van der Waals surface area contributed by atoms with Crippen LogP contribution in [0.25, 0.3) is 34.2 Å². The molecule has 15 nitrogen and oxygen atoms in total. The zero-order valence-electron chi connectivity index (χ0n) is 34.2. The summed E-state index contributed by atoms with van der Waals surface area (Å²) in [7, 11) is 0. The van der Waals surface area contributed by atoms with Gasteiger partial charge in [-0.25, -0.2) is 15.0 Å². The van der Waals surface area contributed by atoms with Crippen LogP contribution < -0.4 is 14.2 Å². The Kier molecular flexibility index (Phi) is 18.2. The smallest absolute Gasteiger partial charge is 0.167 e. The fourth-order valence-electron chi connectivity index (χ4n) is 5.38. The number of benzene rings is 3. The van der Waals surface area contributed by atoms with Gasteiger partial charge in [-0.2, -0.15) is 0 Å². The van der Waals surface area contributed by atoms with Crippen molar-refractivity contribution in [2.75, 3.05) is 39.6 Å². The third kappa shape index (κ3) is 14.3. The first-order valence-electron chi connectivity index (χ1n) is 19.8. The molecule has 1 aromatic heterocycles. The van der Waals surface area contributed by atoms with Gasteiger partial charge in [-0.15, -0.1) is 0 Å². The van der Waals surface area contributed by atoms with Crippen LogP contribution in [-0.2, 0) is 14.2 Å². The topological polar surface area (TPSA) is 215 Å². The molecule has 4 rings (SSSR count). The summed E-state index contributed by atoms with van der Waals surface area (Å²) in [5, 5.41) is 64.4. The SMILES string of the molecule is CCCC(C)OCC(O)COc1ccc(-c2nc(-c3ccc(OCC(O)COC(C)CC)cc3O)nc(-c3ccc(OCC(O)COC(C)CC)cc3O)n2)c(O)c1. The molecule has 4 aromatic rings. The predicted molar refractivity (Wildman–Crippen MR) is 217 cm³/mol. The fourth-order valence-corrected chi connectivity index (χ4v) is 5.38. The Labute approximate surface area is 340 Å². The summed E-state index contributed by atoms with van der Waals surface area (Å²) in [5.74, 6) is 0.152. The Morgan fingerprint density at radius 1 is 0.466 bits per heavy atom. The molecule has 0 spiro atoms. The van der Waals surface area contributed by atoms with Gasteiger partial charge in [0.2, 0.25) is 0 Å². The van der Waals surface area contributed by atoms with Crippen molar-refractivity contribution < 1.29 is 59.1 Å². The molecule has 58 heavy (non-hydrogen) atoms. The molecule has 6 unspecified atom stereocenters. The first-order valence-corrected chi connectivity index (χ1v) is 19.8. The van der Waals surface area contributed by atoms with E-state index in [1.54, 1.807) is 24.3 Å². The van der Waals surface area contributed by atoms with Crippen molar-refractivity contribution in [1.82, 2.24) is 15.0 Å². The number of ether oxygens (including phenoxy) is 6. The lowest BCUT2D eigenvalue weighted by Gasteiger charge is -2.17. The fraction of sp³-hybridized carbons (Fsp3) is 0.512. The van der Waals surface area contributed by atoms with E-state index >= 15 is 0 Å². The number of aromatic hydroxyl groups is 3. The lowest BCUT2D eigenvalue weighted by Crippen LogP contribution is -2.25. The third-order valence-electron chi connectivity index (χ3n) is 9.16. The maximum Gasteiger partial charge on any atom is 0.167 e. The molecule has 0 aliphatic carbocycles. The highest BCUT2D eigenvalue weighted by molar-refractivity contribution is 5.74. The van der Waals surface area contributed by atoms with Gasteiger partial charge in [0, 0.05) is 18.2 Å². The van der Waals surface area contributed by atoms with Crippen molar-refractivity contribution in [2.45, 2.75) is 104 Å². The van der Waals surface area contributed by atoms with Gasteiger partial charge in [-0.05, 0) is 76.4 Å². The van der Waals surface area contributed by atoms with Crippen LogP contribution in [0.3, 0.4) is 0 Å². The van der Waals surface area contributed by atoms with E-state index in [0.717, 1.165) is 25.7 Å². The lowest BCUT2D eigenvalue weighted by atomic mass is 10.1. The molecular formula is C43H59N3O12. The van der Waals surface area contributed by atoms with Crippen molar-refractivity contribution >= 4 is 0 Å². The lowest BCUT2D eigenvalue weighted by molar-refractivity contribution is -0.0209. The van der Waals surface area contributed by atoms with Crippen LogP contribution in [0.15, 0.2) is 54.6 Å². The molecule has 1 heterocycles. The molecule has 0 saturated carbocycles. The van der Waals surface area contributed by atoms with Gasteiger partial charge in [0.15, 0.2) is 17.5 Å². The first kappa shape index (κ1) is 45.9. The van der Waals surface area contributed by atoms with Crippen molar-refractivity contribution in [3.05, 3.63) is 54.6 Å². The van der Waals surface area contributed by atoms with Crippen LogP contribution in [0, 0.1) is 0 Å². The van der Waals surface area contributed by atoms with E-state index in [2.05, 4.69) is 21.9 Å². The summed E-state index contributed by atoms with van der Waals surface area (Å²) in [6.07, 6.45) is 0.815. The van der Waals surface area contributed by atoms with E-state index in [9.17, 15) is 30.6 Å². The average molecular weight is 810 g/mol. The molecule has 0 aliphatic heterocycles. The van der Waals surface area contributed by atoms with E-state index in [1.165, 1.54) is 30.3 Å². The van der Waals surface area contributed by atoms with Crippen LogP contribution >= 0.6 is 0 Å². The highest BCUT2D eigenvalue weighted by atomic mass is 16.5. The van der Waals surface area contributed by atoms with Gasteiger partial charge in [0.05, 0.1) is 54.8 Å². The number of aromatic nitrogens is 3. The van der Waals surface area contributed by atoms with Crippen LogP contribution in [0.2, 0.25) is 0 Å². The van der Waals surface area contributed by atoms with Crippen molar-refractivity contribution in [1.29, 1.82) is 0 Å². The Hall–Kier alpha value is -4.77. The third-order valence-corrected chi connectivity index (χ3v) is 9.16. The minimum atomic E-state index is -0.884. The number of aliphatic hydroxyl groups excluding tert-OH is 3. The minimum absolute atomic E-state index is 0.00297. The molecule has 0 bridgehead atoms. The van der Waals surface area contributed by atoms with Crippen LogP contribution in [0.5, 0.6) is 34.5 Å². The molecule has 6 atom stereocenters. The van der Waals surface area contributed by atoms with Gasteiger partial charge in [-0.1, -0.05) is 27.2 Å². The molecule has 0 aliphatic rings. The summed E-state index contributed by atoms with van der Waals surface area (Å²) >= 11 is 0. The summed E-state index contributed by atoms with van der Waals surface area (Å²) in [5.41, 5.74) is 0.570. The first-order chi connectivity index (χ1) is 27.8. The minimum Gasteiger partial charge on any atom is -0.507 e. The average Bonchev–Trinajstić information content (AvgIpc) is 3.21. The summed E-state index contributed by atoms with van der Waals surface area (Å²) in [6, 6.07) is 13.5. The number of hydrogen-bond acceptors (Lipinski definition) is 15.